The highest BCUT2D eigenvalue weighted by molar-refractivity contribution is 5.99. The number of rotatable bonds is 9. The first-order valence-electron chi connectivity index (χ1n) is 10.5. The number of amides is 1. The molecule has 2 rings (SSSR count). The number of carbonyl (C=O) groups excluding carboxylic acids is 2. The van der Waals surface area contributed by atoms with Crippen molar-refractivity contribution in [3.05, 3.63) is 53.6 Å². The van der Waals surface area contributed by atoms with Crippen LogP contribution in [0.3, 0.4) is 0 Å². The Balaban J connectivity index is 1.89. The Hall–Kier alpha value is -2.60. The molecule has 0 spiro atoms. The standard InChI is InChI=1S/C23H32N2O8/c1-13(11-14(2)19(28)15-6-8-16(9-7-15)25(3)4)5-10-18(27)24-33-23-22(31)21(30)20(29)17(12-26)32-23/h5-11,14,17,20-23,26,29-31H,12H2,1-4H3,(H,24,27)/t14-,17-,20+,21+,22+,23+/m0/s1. The van der Waals surface area contributed by atoms with Gasteiger partial charge in [0.25, 0.3) is 5.91 Å². The highest BCUT2D eigenvalue weighted by Crippen LogP contribution is 2.21. The Morgan fingerprint density at radius 3 is 2.33 bits per heavy atom. The summed E-state index contributed by atoms with van der Waals surface area (Å²) >= 11 is 0. The number of aliphatic hydroxyl groups excluding tert-OH is 4. The van der Waals surface area contributed by atoms with Crippen molar-refractivity contribution in [1.29, 1.82) is 0 Å². The van der Waals surface area contributed by atoms with Crippen molar-refractivity contribution >= 4 is 17.4 Å². The Bertz CT molecular complexity index is 866. The van der Waals surface area contributed by atoms with Crippen molar-refractivity contribution in [2.45, 2.75) is 44.6 Å². The lowest BCUT2D eigenvalue weighted by Gasteiger charge is -2.38. The van der Waals surface area contributed by atoms with Crippen LogP contribution in [0, 0.1) is 5.92 Å². The summed E-state index contributed by atoms with van der Waals surface area (Å²) in [7, 11) is 3.84. The lowest BCUT2D eigenvalue weighted by molar-refractivity contribution is -0.312. The van der Waals surface area contributed by atoms with E-state index in [1.807, 2.05) is 31.1 Å². The van der Waals surface area contributed by atoms with Crippen molar-refractivity contribution < 1.29 is 39.6 Å². The van der Waals surface area contributed by atoms with Crippen LogP contribution in [0.1, 0.15) is 24.2 Å². The van der Waals surface area contributed by atoms with Gasteiger partial charge in [0.2, 0.25) is 6.29 Å². The molecule has 0 saturated carbocycles. The Morgan fingerprint density at radius 2 is 1.76 bits per heavy atom. The summed E-state index contributed by atoms with van der Waals surface area (Å²) in [5, 5.41) is 38.5. The zero-order chi connectivity index (χ0) is 24.7. The molecule has 5 N–H and O–H groups in total. The summed E-state index contributed by atoms with van der Waals surface area (Å²) in [6.45, 7) is 2.89. The van der Waals surface area contributed by atoms with Gasteiger partial charge in [-0.05, 0) is 31.2 Å². The number of allylic oxidation sites excluding steroid dienone is 3. The minimum Gasteiger partial charge on any atom is -0.394 e. The lowest BCUT2D eigenvalue weighted by Crippen LogP contribution is -2.60. The molecule has 1 fully saturated rings. The fraction of sp³-hybridized carbons (Fsp3) is 0.478. The third-order valence-electron chi connectivity index (χ3n) is 5.22. The molecule has 0 unspecified atom stereocenters. The highest BCUT2D eigenvalue weighted by Gasteiger charge is 2.44. The number of hydrogen-bond donors (Lipinski definition) is 5. The van der Waals surface area contributed by atoms with E-state index in [1.54, 1.807) is 32.1 Å². The molecular weight excluding hydrogens is 432 g/mol. The molecule has 10 heteroatoms. The molecule has 182 valence electrons. The molecule has 33 heavy (non-hydrogen) atoms. The topological polar surface area (TPSA) is 149 Å². The van der Waals surface area contributed by atoms with E-state index in [2.05, 4.69) is 5.48 Å². The minimum absolute atomic E-state index is 0.0524. The number of hydrogen-bond acceptors (Lipinski definition) is 9. The van der Waals surface area contributed by atoms with E-state index in [0.717, 1.165) is 5.69 Å². The van der Waals surface area contributed by atoms with Gasteiger partial charge in [0.15, 0.2) is 5.78 Å². The molecule has 1 amide bonds. The number of benzene rings is 1. The third kappa shape index (κ3) is 7.19. The Labute approximate surface area is 192 Å². The Kier molecular flexibility index (Phi) is 9.71. The SMILES string of the molecule is CC(C=CC(=O)NO[C@H]1O[C@@H](CO)[C@@H](O)[C@@H](O)[C@H]1O)=C[C@H](C)C(=O)c1ccc(N(C)C)cc1. The van der Waals surface area contributed by atoms with Gasteiger partial charge < -0.3 is 30.1 Å². The number of nitrogens with one attached hydrogen (secondary N) is 1. The van der Waals surface area contributed by atoms with E-state index in [-0.39, 0.29) is 5.78 Å². The lowest BCUT2D eigenvalue weighted by atomic mass is 9.97. The van der Waals surface area contributed by atoms with Crippen LogP contribution in [-0.4, -0.2) is 83.5 Å². The molecule has 1 aliphatic rings. The van der Waals surface area contributed by atoms with Crippen LogP contribution in [0.5, 0.6) is 0 Å². The maximum absolute atomic E-state index is 12.6. The third-order valence-corrected chi connectivity index (χ3v) is 5.22. The molecular formula is C23H32N2O8. The van der Waals surface area contributed by atoms with Gasteiger partial charge in [0.05, 0.1) is 6.61 Å². The van der Waals surface area contributed by atoms with Crippen LogP contribution in [0.15, 0.2) is 48.1 Å². The number of hydroxylamine groups is 1. The monoisotopic (exact) mass is 464 g/mol. The van der Waals surface area contributed by atoms with Crippen LogP contribution in [0.2, 0.25) is 0 Å². The normalized spacial score (nSPS) is 26.8. The number of aliphatic hydroxyl groups is 4. The van der Waals surface area contributed by atoms with Crippen LogP contribution < -0.4 is 10.4 Å². The summed E-state index contributed by atoms with van der Waals surface area (Å²) in [6, 6.07) is 7.29. The molecule has 0 radical (unpaired) electrons. The fourth-order valence-electron chi connectivity index (χ4n) is 3.23. The maximum atomic E-state index is 12.6. The van der Waals surface area contributed by atoms with Crippen LogP contribution in [0.4, 0.5) is 5.69 Å². The van der Waals surface area contributed by atoms with Crippen LogP contribution >= 0.6 is 0 Å². The van der Waals surface area contributed by atoms with Gasteiger partial charge in [0, 0.05) is 37.3 Å². The van der Waals surface area contributed by atoms with E-state index in [0.29, 0.717) is 11.1 Å². The fourth-order valence-corrected chi connectivity index (χ4v) is 3.23. The number of anilines is 1. The Morgan fingerprint density at radius 1 is 1.12 bits per heavy atom. The quantitative estimate of drug-likeness (QED) is 0.146. The predicted molar refractivity (Wildman–Crippen MR) is 120 cm³/mol. The molecule has 1 aromatic rings. The summed E-state index contributed by atoms with van der Waals surface area (Å²) in [4.78, 5) is 31.5. The molecule has 10 nitrogen and oxygen atoms in total. The molecule has 6 atom stereocenters. The molecule has 0 aromatic heterocycles. The number of nitrogens with zero attached hydrogens (tertiary/aromatic N) is 1. The van der Waals surface area contributed by atoms with E-state index in [4.69, 9.17) is 14.7 Å². The number of carbonyl (C=O) groups is 2. The van der Waals surface area contributed by atoms with E-state index >= 15 is 0 Å². The van der Waals surface area contributed by atoms with Gasteiger partial charge in [-0.1, -0.05) is 24.6 Å². The number of ether oxygens (including phenoxy) is 1. The second-order valence-electron chi connectivity index (χ2n) is 8.12. The second kappa shape index (κ2) is 12.0. The van der Waals surface area contributed by atoms with Crippen molar-refractivity contribution in [3.63, 3.8) is 0 Å². The number of Topliss-reactive ketones (excluding diaryl/α,β-unsaturated/α-hetero) is 1. The van der Waals surface area contributed by atoms with Crippen LogP contribution in [0.25, 0.3) is 0 Å². The highest BCUT2D eigenvalue weighted by atomic mass is 16.8. The van der Waals surface area contributed by atoms with E-state index < -0.39 is 49.1 Å². The van der Waals surface area contributed by atoms with Gasteiger partial charge >= 0.3 is 0 Å². The van der Waals surface area contributed by atoms with E-state index in [9.17, 15) is 24.9 Å². The predicted octanol–water partition coefficient (Wildman–Crippen LogP) is -0.0784. The molecule has 0 aliphatic carbocycles. The average Bonchev–Trinajstić information content (AvgIpc) is 2.80. The number of ketones is 1. The molecule has 1 aromatic carbocycles. The first kappa shape index (κ1) is 26.7. The first-order chi connectivity index (χ1) is 15.5. The summed E-state index contributed by atoms with van der Waals surface area (Å²) < 4.78 is 5.13. The first-order valence-corrected chi connectivity index (χ1v) is 10.5. The van der Waals surface area contributed by atoms with Crippen molar-refractivity contribution in [2.24, 2.45) is 5.92 Å². The summed E-state index contributed by atoms with van der Waals surface area (Å²) in [6.07, 6.45) is -3.02. The zero-order valence-corrected chi connectivity index (χ0v) is 19.1. The van der Waals surface area contributed by atoms with Gasteiger partial charge in [-0.15, -0.1) is 0 Å². The van der Waals surface area contributed by atoms with Gasteiger partial charge in [-0.3, -0.25) is 9.59 Å². The van der Waals surface area contributed by atoms with Crippen molar-refractivity contribution in [3.8, 4) is 0 Å². The smallest absolute Gasteiger partial charge is 0.267 e. The van der Waals surface area contributed by atoms with Crippen molar-refractivity contribution in [1.82, 2.24) is 5.48 Å². The average molecular weight is 465 g/mol. The second-order valence-corrected chi connectivity index (χ2v) is 8.12. The minimum atomic E-state index is -1.63. The summed E-state index contributed by atoms with van der Waals surface area (Å²) in [5.41, 5.74) is 4.30. The van der Waals surface area contributed by atoms with Gasteiger partial charge in [-0.2, -0.15) is 0 Å². The van der Waals surface area contributed by atoms with Crippen LogP contribution in [-0.2, 0) is 14.4 Å². The van der Waals surface area contributed by atoms with Gasteiger partial charge in [0.1, 0.15) is 24.4 Å². The molecule has 1 heterocycles. The summed E-state index contributed by atoms with van der Waals surface area (Å²) in [5.74, 6) is -1.14. The van der Waals surface area contributed by atoms with Gasteiger partial charge in [-0.25, -0.2) is 10.3 Å². The molecule has 1 saturated heterocycles. The van der Waals surface area contributed by atoms with Crippen molar-refractivity contribution in [2.75, 3.05) is 25.6 Å². The largest absolute Gasteiger partial charge is 0.394 e. The molecule has 0 bridgehead atoms. The van der Waals surface area contributed by atoms with E-state index in [1.165, 1.54) is 12.2 Å². The maximum Gasteiger partial charge on any atom is 0.267 e. The zero-order valence-electron chi connectivity index (χ0n) is 19.1. The molecule has 1 aliphatic heterocycles.